The monoisotopic (exact) mass is 266 g/mol. The summed E-state index contributed by atoms with van der Waals surface area (Å²) in [6.45, 7) is 8.15. The van der Waals surface area contributed by atoms with Crippen molar-refractivity contribution in [2.75, 3.05) is 7.11 Å². The third kappa shape index (κ3) is 2.58. The molecule has 0 amide bonds. The molecule has 108 valence electrons. The first kappa shape index (κ1) is 14.6. The number of methoxy groups -OCH3 is 1. The molecule has 3 heteroatoms. The minimum absolute atomic E-state index is 0.162. The molecule has 0 aromatic carbocycles. The van der Waals surface area contributed by atoms with Crippen LogP contribution in [0.25, 0.3) is 0 Å². The predicted octanol–water partition coefficient (Wildman–Crippen LogP) is 3.07. The van der Waals surface area contributed by atoms with Crippen molar-refractivity contribution in [1.29, 1.82) is 0 Å². The van der Waals surface area contributed by atoms with Crippen LogP contribution < -0.4 is 0 Å². The Hall–Kier alpha value is -0.830. The SMILES string of the molecule is C=C(C(=O)OC)C1CC[C@@]2(C)CCC[C@@](C)(O)C2C1. The number of ether oxygens (including phenoxy) is 1. The number of fused-ring (bicyclic) bond motifs is 1. The Balaban J connectivity index is 2.16. The van der Waals surface area contributed by atoms with Gasteiger partial charge in [0.05, 0.1) is 12.7 Å². The van der Waals surface area contributed by atoms with Gasteiger partial charge in [0.25, 0.3) is 0 Å². The van der Waals surface area contributed by atoms with Crippen LogP contribution in [0.1, 0.15) is 52.4 Å². The average Bonchev–Trinajstić information content (AvgIpc) is 2.36. The fraction of sp³-hybridized carbons (Fsp3) is 0.812. The second-order valence-electron chi connectivity index (χ2n) is 6.91. The summed E-state index contributed by atoms with van der Waals surface area (Å²) < 4.78 is 4.78. The number of hydrogen-bond donors (Lipinski definition) is 1. The van der Waals surface area contributed by atoms with Gasteiger partial charge in [-0.05, 0) is 56.3 Å². The maximum atomic E-state index is 11.6. The number of rotatable bonds is 2. The van der Waals surface area contributed by atoms with E-state index < -0.39 is 5.60 Å². The summed E-state index contributed by atoms with van der Waals surface area (Å²) in [6.07, 6.45) is 6.06. The van der Waals surface area contributed by atoms with E-state index >= 15 is 0 Å². The number of hydrogen-bond acceptors (Lipinski definition) is 3. The molecule has 2 aliphatic carbocycles. The predicted molar refractivity (Wildman–Crippen MR) is 74.6 cm³/mol. The highest BCUT2D eigenvalue weighted by Gasteiger charge is 2.51. The molecule has 3 nitrogen and oxygen atoms in total. The number of carbonyl (C=O) groups excluding carboxylic acids is 1. The third-order valence-corrected chi connectivity index (χ3v) is 5.55. The molecule has 2 fully saturated rings. The van der Waals surface area contributed by atoms with E-state index in [0.29, 0.717) is 5.57 Å². The average molecular weight is 266 g/mol. The summed E-state index contributed by atoms with van der Waals surface area (Å²) in [7, 11) is 1.40. The lowest BCUT2D eigenvalue weighted by atomic mass is 9.53. The van der Waals surface area contributed by atoms with Gasteiger partial charge in [0, 0.05) is 5.57 Å². The lowest BCUT2D eigenvalue weighted by Crippen LogP contribution is -2.51. The zero-order valence-corrected chi connectivity index (χ0v) is 12.4. The highest BCUT2D eigenvalue weighted by Crippen LogP contribution is 2.56. The van der Waals surface area contributed by atoms with E-state index in [1.807, 2.05) is 6.92 Å². The lowest BCUT2D eigenvalue weighted by molar-refractivity contribution is -0.140. The lowest BCUT2D eigenvalue weighted by Gasteiger charge is -2.54. The number of aliphatic hydroxyl groups is 1. The van der Waals surface area contributed by atoms with Gasteiger partial charge in [-0.25, -0.2) is 4.79 Å². The van der Waals surface area contributed by atoms with Crippen LogP contribution in [0.15, 0.2) is 12.2 Å². The van der Waals surface area contributed by atoms with Crippen LogP contribution in [0.2, 0.25) is 0 Å². The Morgan fingerprint density at radius 3 is 2.63 bits per heavy atom. The molecule has 0 aliphatic heterocycles. The molecular formula is C16H26O3. The van der Waals surface area contributed by atoms with E-state index in [-0.39, 0.29) is 23.2 Å². The van der Waals surface area contributed by atoms with E-state index in [1.165, 1.54) is 13.5 Å². The van der Waals surface area contributed by atoms with Crippen LogP contribution in [0.5, 0.6) is 0 Å². The van der Waals surface area contributed by atoms with Gasteiger partial charge in [0.2, 0.25) is 0 Å². The zero-order chi connectivity index (χ0) is 14.3. The molecule has 19 heavy (non-hydrogen) atoms. The van der Waals surface area contributed by atoms with E-state index in [9.17, 15) is 9.90 Å². The summed E-state index contributed by atoms with van der Waals surface area (Å²) in [5, 5.41) is 10.7. The molecule has 0 bridgehead atoms. The Labute approximate surface area is 116 Å². The first-order chi connectivity index (χ1) is 8.80. The Morgan fingerprint density at radius 2 is 2.00 bits per heavy atom. The summed E-state index contributed by atoms with van der Waals surface area (Å²) in [6, 6.07) is 0. The van der Waals surface area contributed by atoms with E-state index in [2.05, 4.69) is 13.5 Å². The van der Waals surface area contributed by atoms with Crippen molar-refractivity contribution < 1.29 is 14.6 Å². The fourth-order valence-electron chi connectivity index (χ4n) is 4.31. The van der Waals surface area contributed by atoms with Crippen LogP contribution in [-0.4, -0.2) is 23.8 Å². The number of carbonyl (C=O) groups is 1. The maximum absolute atomic E-state index is 11.6. The minimum atomic E-state index is -0.609. The number of esters is 1. The van der Waals surface area contributed by atoms with Crippen molar-refractivity contribution >= 4 is 5.97 Å². The molecule has 4 atom stereocenters. The molecule has 2 aliphatic rings. The molecule has 2 unspecified atom stereocenters. The standard InChI is InChI=1S/C16H26O3/c1-11(14(17)19-4)12-6-9-15(2)7-5-8-16(3,18)13(15)10-12/h12-13,18H,1,5-10H2,2-4H3/t12?,13?,15-,16-/m1/s1. The molecule has 0 aromatic rings. The largest absolute Gasteiger partial charge is 0.466 e. The van der Waals surface area contributed by atoms with Crippen LogP contribution >= 0.6 is 0 Å². The van der Waals surface area contributed by atoms with E-state index in [0.717, 1.165) is 32.1 Å². The van der Waals surface area contributed by atoms with Gasteiger partial charge in [-0.15, -0.1) is 0 Å². The van der Waals surface area contributed by atoms with Gasteiger partial charge in [-0.2, -0.15) is 0 Å². The summed E-state index contributed by atoms with van der Waals surface area (Å²) in [5.74, 6) is 0.119. The normalized spacial score (nSPS) is 42.3. The smallest absolute Gasteiger partial charge is 0.333 e. The third-order valence-electron chi connectivity index (χ3n) is 5.55. The highest BCUT2D eigenvalue weighted by atomic mass is 16.5. The van der Waals surface area contributed by atoms with Crippen LogP contribution in [0.3, 0.4) is 0 Å². The molecule has 0 aromatic heterocycles. The topological polar surface area (TPSA) is 46.5 Å². The van der Waals surface area contributed by atoms with Crippen molar-refractivity contribution in [2.24, 2.45) is 17.3 Å². The van der Waals surface area contributed by atoms with Crippen molar-refractivity contribution in [3.63, 3.8) is 0 Å². The zero-order valence-electron chi connectivity index (χ0n) is 12.4. The van der Waals surface area contributed by atoms with Gasteiger partial charge < -0.3 is 9.84 Å². The van der Waals surface area contributed by atoms with Gasteiger partial charge in [-0.3, -0.25) is 0 Å². The van der Waals surface area contributed by atoms with Crippen molar-refractivity contribution in [1.82, 2.24) is 0 Å². The summed E-state index contributed by atoms with van der Waals surface area (Å²) in [5.41, 5.74) is 0.183. The second kappa shape index (κ2) is 4.93. The minimum Gasteiger partial charge on any atom is -0.466 e. The van der Waals surface area contributed by atoms with E-state index in [1.54, 1.807) is 0 Å². The van der Waals surface area contributed by atoms with Gasteiger partial charge in [-0.1, -0.05) is 19.9 Å². The first-order valence-electron chi connectivity index (χ1n) is 7.30. The van der Waals surface area contributed by atoms with Crippen molar-refractivity contribution in [3.05, 3.63) is 12.2 Å². The Morgan fingerprint density at radius 1 is 1.32 bits per heavy atom. The molecule has 0 heterocycles. The molecule has 2 saturated carbocycles. The van der Waals surface area contributed by atoms with E-state index in [4.69, 9.17) is 4.74 Å². The molecule has 0 spiro atoms. The molecule has 1 N–H and O–H groups in total. The Bertz CT molecular complexity index is 385. The second-order valence-corrected chi connectivity index (χ2v) is 6.91. The first-order valence-corrected chi connectivity index (χ1v) is 7.30. The molecule has 0 saturated heterocycles. The van der Waals surface area contributed by atoms with Crippen LogP contribution in [-0.2, 0) is 9.53 Å². The summed E-state index contributed by atoms with van der Waals surface area (Å²) >= 11 is 0. The van der Waals surface area contributed by atoms with Gasteiger partial charge in [0.1, 0.15) is 0 Å². The summed E-state index contributed by atoms with van der Waals surface area (Å²) in [4.78, 5) is 11.6. The Kier molecular flexibility index (Phi) is 3.78. The van der Waals surface area contributed by atoms with Gasteiger partial charge >= 0.3 is 5.97 Å². The molecular weight excluding hydrogens is 240 g/mol. The molecule has 2 rings (SSSR count). The maximum Gasteiger partial charge on any atom is 0.333 e. The molecule has 0 radical (unpaired) electrons. The van der Waals surface area contributed by atoms with Gasteiger partial charge in [0.15, 0.2) is 0 Å². The highest BCUT2D eigenvalue weighted by molar-refractivity contribution is 5.88. The quantitative estimate of drug-likeness (QED) is 0.617. The van der Waals surface area contributed by atoms with Crippen molar-refractivity contribution in [3.8, 4) is 0 Å². The van der Waals surface area contributed by atoms with Crippen LogP contribution in [0.4, 0.5) is 0 Å². The fourth-order valence-corrected chi connectivity index (χ4v) is 4.31. The van der Waals surface area contributed by atoms with Crippen molar-refractivity contribution in [2.45, 2.75) is 58.0 Å². The van der Waals surface area contributed by atoms with Crippen LogP contribution in [0, 0.1) is 17.3 Å².